The number of rotatable bonds is 4. The molecular weight excluding hydrogens is 252 g/mol. The summed E-state index contributed by atoms with van der Waals surface area (Å²) in [4.78, 5) is 11.8. The fourth-order valence-electron chi connectivity index (χ4n) is 1.70. The van der Waals surface area contributed by atoms with E-state index in [1.54, 1.807) is 30.3 Å². The Morgan fingerprint density at radius 2 is 1.75 bits per heavy atom. The second-order valence-electron chi connectivity index (χ2n) is 4.07. The molecule has 4 nitrogen and oxygen atoms in total. The van der Waals surface area contributed by atoms with Gasteiger partial charge in [0.25, 0.3) is 0 Å². The number of benzene rings is 2. The van der Waals surface area contributed by atoms with E-state index >= 15 is 0 Å². The van der Waals surface area contributed by atoms with Crippen molar-refractivity contribution in [3.8, 4) is 0 Å². The first kappa shape index (κ1) is 13.5. The number of amides is 1. The van der Waals surface area contributed by atoms with E-state index in [1.165, 1.54) is 12.3 Å². The monoisotopic (exact) mass is 266 g/mol. The van der Waals surface area contributed by atoms with Gasteiger partial charge in [-0.2, -0.15) is 0 Å². The molecule has 0 aromatic heterocycles. The molecule has 2 aromatic carbocycles. The van der Waals surface area contributed by atoms with Gasteiger partial charge in [0.2, 0.25) is 5.91 Å². The Morgan fingerprint density at radius 3 is 2.50 bits per heavy atom. The van der Waals surface area contributed by atoms with Crippen LogP contribution in [0.4, 0.5) is 5.69 Å². The molecule has 0 saturated carbocycles. The minimum absolute atomic E-state index is 0.243. The molecule has 0 saturated heterocycles. The average molecular weight is 266 g/mol. The molecular formula is C16H14N2O2. The minimum atomic E-state index is -0.243. The van der Waals surface area contributed by atoms with Gasteiger partial charge in [-0.15, -0.1) is 0 Å². The van der Waals surface area contributed by atoms with Gasteiger partial charge in [0.05, 0.1) is 6.21 Å². The van der Waals surface area contributed by atoms with Gasteiger partial charge < -0.3 is 10.5 Å². The van der Waals surface area contributed by atoms with Crippen LogP contribution in [0.15, 0.2) is 65.8 Å². The lowest BCUT2D eigenvalue weighted by atomic mass is 10.2. The van der Waals surface area contributed by atoms with Crippen LogP contribution in [0.2, 0.25) is 0 Å². The van der Waals surface area contributed by atoms with Crippen molar-refractivity contribution in [2.45, 2.75) is 0 Å². The van der Waals surface area contributed by atoms with Crippen LogP contribution in [0.5, 0.6) is 0 Å². The molecule has 4 heteroatoms. The van der Waals surface area contributed by atoms with Crippen LogP contribution >= 0.6 is 0 Å². The zero-order chi connectivity index (χ0) is 14.2. The summed E-state index contributed by atoms with van der Waals surface area (Å²) in [6.45, 7) is 0. The summed E-state index contributed by atoms with van der Waals surface area (Å²) in [5.41, 5.74) is 2.18. The van der Waals surface area contributed by atoms with E-state index < -0.39 is 0 Å². The number of nitrogens with one attached hydrogen (secondary N) is 1. The number of oxime groups is 1. The van der Waals surface area contributed by atoms with E-state index in [2.05, 4.69) is 10.5 Å². The normalized spacial score (nSPS) is 11.0. The van der Waals surface area contributed by atoms with E-state index in [-0.39, 0.29) is 5.91 Å². The van der Waals surface area contributed by atoms with Crippen LogP contribution in [-0.4, -0.2) is 17.3 Å². The first-order valence-corrected chi connectivity index (χ1v) is 6.10. The van der Waals surface area contributed by atoms with Crippen LogP contribution in [0.3, 0.4) is 0 Å². The first-order valence-electron chi connectivity index (χ1n) is 6.10. The van der Waals surface area contributed by atoms with Crippen molar-refractivity contribution in [1.82, 2.24) is 0 Å². The Kier molecular flexibility index (Phi) is 4.67. The van der Waals surface area contributed by atoms with Gasteiger partial charge in [-0.25, -0.2) is 0 Å². The molecule has 0 bridgehead atoms. The highest BCUT2D eigenvalue weighted by molar-refractivity contribution is 6.04. The molecule has 0 atom stereocenters. The summed E-state index contributed by atoms with van der Waals surface area (Å²) in [6.07, 6.45) is 4.47. The fraction of sp³-hybridized carbons (Fsp3) is 0. The predicted octanol–water partition coefficient (Wildman–Crippen LogP) is 3.15. The minimum Gasteiger partial charge on any atom is -0.411 e. The molecule has 0 spiro atoms. The maximum Gasteiger partial charge on any atom is 0.248 e. The molecule has 100 valence electrons. The van der Waals surface area contributed by atoms with Crippen LogP contribution in [-0.2, 0) is 4.79 Å². The molecule has 0 heterocycles. The summed E-state index contributed by atoms with van der Waals surface area (Å²) in [5.74, 6) is -0.243. The lowest BCUT2D eigenvalue weighted by Crippen LogP contribution is -2.09. The van der Waals surface area contributed by atoms with Gasteiger partial charge in [0.1, 0.15) is 0 Å². The zero-order valence-corrected chi connectivity index (χ0v) is 10.7. The third-order valence-electron chi connectivity index (χ3n) is 2.64. The summed E-state index contributed by atoms with van der Waals surface area (Å²) in [6, 6.07) is 16.6. The molecule has 0 aliphatic rings. The molecule has 2 rings (SSSR count). The molecule has 0 fully saturated rings. The summed E-state index contributed by atoms with van der Waals surface area (Å²) in [7, 11) is 0. The topological polar surface area (TPSA) is 61.7 Å². The van der Waals surface area contributed by atoms with E-state index in [0.29, 0.717) is 11.3 Å². The first-order chi connectivity index (χ1) is 9.79. The third kappa shape index (κ3) is 3.81. The Hall–Kier alpha value is -2.88. The Balaban J connectivity index is 2.07. The van der Waals surface area contributed by atoms with Crippen molar-refractivity contribution < 1.29 is 10.0 Å². The average Bonchev–Trinajstić information content (AvgIpc) is 2.49. The molecule has 0 aliphatic heterocycles. The van der Waals surface area contributed by atoms with Crippen LogP contribution in [0.25, 0.3) is 6.08 Å². The highest BCUT2D eigenvalue weighted by Gasteiger charge is 2.02. The Labute approximate surface area is 117 Å². The number of hydrogen-bond donors (Lipinski definition) is 2. The van der Waals surface area contributed by atoms with Crippen molar-refractivity contribution in [2.24, 2.45) is 5.16 Å². The SMILES string of the molecule is O=C(/C=C/c1ccccc1)Nc1ccccc1/C=N/O. The van der Waals surface area contributed by atoms with E-state index in [1.807, 2.05) is 30.3 Å². The van der Waals surface area contributed by atoms with Gasteiger partial charge in [-0.1, -0.05) is 53.7 Å². The number of hydrogen-bond acceptors (Lipinski definition) is 3. The van der Waals surface area contributed by atoms with Crippen molar-refractivity contribution in [3.05, 3.63) is 71.8 Å². The maximum atomic E-state index is 11.8. The van der Waals surface area contributed by atoms with Gasteiger partial charge in [-0.05, 0) is 17.7 Å². The van der Waals surface area contributed by atoms with Crippen molar-refractivity contribution in [2.75, 3.05) is 5.32 Å². The molecule has 0 unspecified atom stereocenters. The summed E-state index contributed by atoms with van der Waals surface area (Å²) in [5, 5.41) is 14.3. The van der Waals surface area contributed by atoms with Crippen LogP contribution < -0.4 is 5.32 Å². The molecule has 0 aliphatic carbocycles. The number of nitrogens with zero attached hydrogens (tertiary/aromatic N) is 1. The van der Waals surface area contributed by atoms with Gasteiger partial charge in [0, 0.05) is 17.3 Å². The standard InChI is InChI=1S/C16H14N2O2/c19-16(11-10-13-6-2-1-3-7-13)18-15-9-5-4-8-14(15)12-17-20/h1-12,20H,(H,18,19)/b11-10+,17-12+. The molecule has 0 radical (unpaired) electrons. The molecule has 2 aromatic rings. The smallest absolute Gasteiger partial charge is 0.248 e. The van der Waals surface area contributed by atoms with E-state index in [0.717, 1.165) is 5.56 Å². The number of anilines is 1. The molecule has 20 heavy (non-hydrogen) atoms. The van der Waals surface area contributed by atoms with Crippen molar-refractivity contribution in [3.63, 3.8) is 0 Å². The highest BCUT2D eigenvalue weighted by atomic mass is 16.4. The Morgan fingerprint density at radius 1 is 1.05 bits per heavy atom. The van der Waals surface area contributed by atoms with E-state index in [9.17, 15) is 4.79 Å². The lowest BCUT2D eigenvalue weighted by molar-refractivity contribution is -0.111. The number of carbonyl (C=O) groups excluding carboxylic acids is 1. The number of para-hydroxylation sites is 1. The van der Waals surface area contributed by atoms with E-state index in [4.69, 9.17) is 5.21 Å². The van der Waals surface area contributed by atoms with Crippen molar-refractivity contribution >= 4 is 23.9 Å². The van der Waals surface area contributed by atoms with Gasteiger partial charge in [-0.3, -0.25) is 4.79 Å². The maximum absolute atomic E-state index is 11.8. The van der Waals surface area contributed by atoms with Crippen molar-refractivity contribution in [1.29, 1.82) is 0 Å². The zero-order valence-electron chi connectivity index (χ0n) is 10.7. The van der Waals surface area contributed by atoms with Gasteiger partial charge in [0.15, 0.2) is 0 Å². The largest absolute Gasteiger partial charge is 0.411 e. The fourth-order valence-corrected chi connectivity index (χ4v) is 1.70. The van der Waals surface area contributed by atoms with Crippen LogP contribution in [0.1, 0.15) is 11.1 Å². The third-order valence-corrected chi connectivity index (χ3v) is 2.64. The second-order valence-corrected chi connectivity index (χ2v) is 4.07. The quantitative estimate of drug-likeness (QED) is 0.386. The summed E-state index contributed by atoms with van der Waals surface area (Å²) < 4.78 is 0. The predicted molar refractivity (Wildman–Crippen MR) is 79.9 cm³/mol. The lowest BCUT2D eigenvalue weighted by Gasteiger charge is -2.05. The molecule has 2 N–H and O–H groups in total. The van der Waals surface area contributed by atoms with Gasteiger partial charge >= 0.3 is 0 Å². The summed E-state index contributed by atoms with van der Waals surface area (Å²) >= 11 is 0. The Bertz CT molecular complexity index is 634. The van der Waals surface area contributed by atoms with Crippen LogP contribution in [0, 0.1) is 0 Å². The highest BCUT2D eigenvalue weighted by Crippen LogP contribution is 2.13. The number of carbonyl (C=O) groups is 1. The second kappa shape index (κ2) is 6.89. The molecule has 1 amide bonds.